The smallest absolute Gasteiger partial charge is 0.255 e. The van der Waals surface area contributed by atoms with Crippen LogP contribution in [0, 0.1) is 0 Å². The lowest BCUT2D eigenvalue weighted by Gasteiger charge is -2.06. The standard InChI is InChI=1S/C11H11N3O2/c12-11(15)7-16-10-3-1-2-9(6-10)14-5-4-13-8-14/h1-6,8H,7H2,(H2,12,15). The minimum absolute atomic E-state index is 0.118. The summed E-state index contributed by atoms with van der Waals surface area (Å²) in [6, 6.07) is 7.33. The Morgan fingerprint density at radius 3 is 3.06 bits per heavy atom. The fraction of sp³-hybridized carbons (Fsp3) is 0.0909. The molecule has 2 N–H and O–H groups in total. The number of nitrogens with two attached hydrogens (primary N) is 1. The molecule has 0 unspecified atom stereocenters. The van der Waals surface area contributed by atoms with Crippen LogP contribution < -0.4 is 10.5 Å². The predicted octanol–water partition coefficient (Wildman–Crippen LogP) is 0.736. The van der Waals surface area contributed by atoms with Crippen molar-refractivity contribution >= 4 is 5.91 Å². The molecule has 5 heteroatoms. The number of ether oxygens (including phenoxy) is 1. The predicted molar refractivity (Wildman–Crippen MR) is 58.3 cm³/mol. The summed E-state index contributed by atoms with van der Waals surface area (Å²) in [5.74, 6) is 0.109. The molecule has 0 aliphatic rings. The van der Waals surface area contributed by atoms with Gasteiger partial charge >= 0.3 is 0 Å². The summed E-state index contributed by atoms with van der Waals surface area (Å²) >= 11 is 0. The number of aromatic nitrogens is 2. The number of rotatable bonds is 4. The molecule has 2 rings (SSSR count). The lowest BCUT2D eigenvalue weighted by Crippen LogP contribution is -2.20. The van der Waals surface area contributed by atoms with E-state index in [1.165, 1.54) is 0 Å². The quantitative estimate of drug-likeness (QED) is 0.821. The summed E-state index contributed by atoms with van der Waals surface area (Å²) in [6.07, 6.45) is 5.21. The monoisotopic (exact) mass is 217 g/mol. The molecule has 1 aromatic carbocycles. The third-order valence-corrected chi connectivity index (χ3v) is 2.00. The second-order valence-corrected chi connectivity index (χ2v) is 3.22. The first-order valence-electron chi connectivity index (χ1n) is 4.75. The van der Waals surface area contributed by atoms with E-state index in [0.29, 0.717) is 5.75 Å². The lowest BCUT2D eigenvalue weighted by molar-refractivity contribution is -0.119. The largest absolute Gasteiger partial charge is 0.484 e. The summed E-state index contributed by atoms with van der Waals surface area (Å²) in [7, 11) is 0. The van der Waals surface area contributed by atoms with Gasteiger partial charge in [0.25, 0.3) is 5.91 Å². The van der Waals surface area contributed by atoms with Gasteiger partial charge in [0.2, 0.25) is 0 Å². The average molecular weight is 217 g/mol. The van der Waals surface area contributed by atoms with Crippen molar-refractivity contribution in [1.29, 1.82) is 0 Å². The first-order valence-corrected chi connectivity index (χ1v) is 4.75. The van der Waals surface area contributed by atoms with Crippen LogP contribution in [0.3, 0.4) is 0 Å². The number of carbonyl (C=O) groups excluding carboxylic acids is 1. The van der Waals surface area contributed by atoms with Crippen LogP contribution >= 0.6 is 0 Å². The molecular weight excluding hydrogens is 206 g/mol. The zero-order chi connectivity index (χ0) is 11.4. The van der Waals surface area contributed by atoms with Crippen LogP contribution in [0.4, 0.5) is 0 Å². The van der Waals surface area contributed by atoms with Crippen LogP contribution in [0.1, 0.15) is 0 Å². The van der Waals surface area contributed by atoms with Crippen LogP contribution in [0.15, 0.2) is 43.0 Å². The van der Waals surface area contributed by atoms with Crippen molar-refractivity contribution in [2.75, 3.05) is 6.61 Å². The van der Waals surface area contributed by atoms with Crippen molar-refractivity contribution in [3.63, 3.8) is 0 Å². The van der Waals surface area contributed by atoms with Crippen LogP contribution in [0.5, 0.6) is 5.75 Å². The normalized spacial score (nSPS) is 10.0. The molecule has 0 spiro atoms. The van der Waals surface area contributed by atoms with E-state index < -0.39 is 5.91 Å². The van der Waals surface area contributed by atoms with Gasteiger partial charge in [-0.15, -0.1) is 0 Å². The maximum Gasteiger partial charge on any atom is 0.255 e. The highest BCUT2D eigenvalue weighted by Gasteiger charge is 2.00. The summed E-state index contributed by atoms with van der Waals surface area (Å²) in [6.45, 7) is -0.118. The van der Waals surface area contributed by atoms with Crippen molar-refractivity contribution in [3.8, 4) is 11.4 Å². The maximum absolute atomic E-state index is 10.6. The van der Waals surface area contributed by atoms with Crippen molar-refractivity contribution in [3.05, 3.63) is 43.0 Å². The topological polar surface area (TPSA) is 70.1 Å². The highest BCUT2D eigenvalue weighted by Crippen LogP contribution is 2.16. The third kappa shape index (κ3) is 2.38. The number of benzene rings is 1. The second kappa shape index (κ2) is 4.48. The van der Waals surface area contributed by atoms with Crippen molar-refractivity contribution in [2.24, 2.45) is 5.73 Å². The van der Waals surface area contributed by atoms with Gasteiger partial charge in [0.05, 0.1) is 12.0 Å². The van der Waals surface area contributed by atoms with E-state index in [-0.39, 0.29) is 6.61 Å². The molecule has 0 radical (unpaired) electrons. The first-order chi connectivity index (χ1) is 7.75. The van der Waals surface area contributed by atoms with Crippen LogP contribution in [-0.2, 0) is 4.79 Å². The number of hydrogen-bond donors (Lipinski definition) is 1. The van der Waals surface area contributed by atoms with Crippen molar-refractivity contribution in [1.82, 2.24) is 9.55 Å². The van der Waals surface area contributed by atoms with Crippen LogP contribution in [-0.4, -0.2) is 22.1 Å². The minimum Gasteiger partial charge on any atom is -0.484 e. The molecule has 0 fully saturated rings. The second-order valence-electron chi connectivity index (χ2n) is 3.22. The zero-order valence-corrected chi connectivity index (χ0v) is 8.54. The molecule has 0 aliphatic carbocycles. The molecule has 1 amide bonds. The Kier molecular flexibility index (Phi) is 2.86. The van der Waals surface area contributed by atoms with E-state index in [4.69, 9.17) is 10.5 Å². The van der Waals surface area contributed by atoms with Crippen molar-refractivity contribution < 1.29 is 9.53 Å². The minimum atomic E-state index is -0.493. The van der Waals surface area contributed by atoms with E-state index in [9.17, 15) is 4.79 Å². The summed E-state index contributed by atoms with van der Waals surface area (Å²) < 4.78 is 7.04. The molecule has 0 bridgehead atoms. The van der Waals surface area contributed by atoms with Gasteiger partial charge in [0.1, 0.15) is 5.75 Å². The van der Waals surface area contributed by atoms with Gasteiger partial charge < -0.3 is 15.0 Å². The highest BCUT2D eigenvalue weighted by molar-refractivity contribution is 5.75. The Labute approximate surface area is 92.5 Å². The van der Waals surface area contributed by atoms with Gasteiger partial charge in [-0.3, -0.25) is 4.79 Å². The molecular formula is C11H11N3O2. The van der Waals surface area contributed by atoms with Gasteiger partial charge in [0.15, 0.2) is 6.61 Å². The average Bonchev–Trinajstić information content (AvgIpc) is 2.80. The lowest BCUT2D eigenvalue weighted by atomic mass is 10.3. The van der Waals surface area contributed by atoms with Crippen molar-refractivity contribution in [2.45, 2.75) is 0 Å². The Hall–Kier alpha value is -2.30. The molecule has 1 heterocycles. The molecule has 0 aliphatic heterocycles. The fourth-order valence-electron chi connectivity index (χ4n) is 1.30. The van der Waals surface area contributed by atoms with E-state index in [2.05, 4.69) is 4.98 Å². The molecule has 0 saturated carbocycles. The number of nitrogens with zero attached hydrogens (tertiary/aromatic N) is 2. The molecule has 1 aromatic heterocycles. The van der Waals surface area contributed by atoms with Crippen LogP contribution in [0.25, 0.3) is 5.69 Å². The highest BCUT2D eigenvalue weighted by atomic mass is 16.5. The third-order valence-electron chi connectivity index (χ3n) is 2.00. The molecule has 82 valence electrons. The van der Waals surface area contributed by atoms with E-state index in [1.807, 2.05) is 29.0 Å². The van der Waals surface area contributed by atoms with E-state index in [1.54, 1.807) is 18.6 Å². The number of imidazole rings is 1. The Balaban J connectivity index is 2.17. The number of amides is 1. The maximum atomic E-state index is 10.6. The Morgan fingerprint density at radius 2 is 2.38 bits per heavy atom. The number of primary amides is 1. The molecule has 2 aromatic rings. The first kappa shape index (κ1) is 10.2. The zero-order valence-electron chi connectivity index (χ0n) is 8.54. The van der Waals surface area contributed by atoms with E-state index in [0.717, 1.165) is 5.69 Å². The number of hydrogen-bond acceptors (Lipinski definition) is 3. The molecule has 0 saturated heterocycles. The van der Waals surface area contributed by atoms with Gasteiger partial charge in [-0.1, -0.05) is 6.07 Å². The van der Waals surface area contributed by atoms with Gasteiger partial charge in [-0.2, -0.15) is 0 Å². The molecule has 16 heavy (non-hydrogen) atoms. The summed E-state index contributed by atoms with van der Waals surface area (Å²) in [5, 5.41) is 0. The number of carbonyl (C=O) groups is 1. The molecule has 5 nitrogen and oxygen atoms in total. The Morgan fingerprint density at radius 1 is 1.50 bits per heavy atom. The van der Waals surface area contributed by atoms with Crippen LogP contribution in [0.2, 0.25) is 0 Å². The van der Waals surface area contributed by atoms with Gasteiger partial charge in [0, 0.05) is 18.5 Å². The Bertz CT molecular complexity index is 480. The summed E-state index contributed by atoms with van der Waals surface area (Å²) in [5.41, 5.74) is 5.91. The van der Waals surface area contributed by atoms with Gasteiger partial charge in [-0.25, -0.2) is 4.98 Å². The van der Waals surface area contributed by atoms with E-state index >= 15 is 0 Å². The molecule has 0 atom stereocenters. The summed E-state index contributed by atoms with van der Waals surface area (Å²) in [4.78, 5) is 14.5. The fourth-order valence-corrected chi connectivity index (χ4v) is 1.30. The van der Waals surface area contributed by atoms with Gasteiger partial charge in [-0.05, 0) is 12.1 Å². The SMILES string of the molecule is NC(=O)COc1cccc(-n2ccnc2)c1.